The Labute approximate surface area is 209 Å². The summed E-state index contributed by atoms with van der Waals surface area (Å²) in [5, 5.41) is -0.232. The third kappa shape index (κ3) is 5.10. The number of methoxy groups -OCH3 is 1. The van der Waals surface area contributed by atoms with Gasteiger partial charge in [-0.3, -0.25) is 4.79 Å². The Hall–Kier alpha value is -4.12. The first-order chi connectivity index (χ1) is 17.1. The molecule has 0 saturated heterocycles. The third-order valence-electron chi connectivity index (χ3n) is 4.88. The molecule has 0 spiro atoms. The average molecular weight is 563 g/mol. The SMILES string of the molecule is COC(=O)c1ccc(Oc2c(C(F)(F)F)oc3cc(OC(=O)c4ccccc4Br)ccc3c2=O)cc1. The zero-order chi connectivity index (χ0) is 26.0. The van der Waals surface area contributed by atoms with E-state index in [1.807, 2.05) is 0 Å². The van der Waals surface area contributed by atoms with Crippen molar-refractivity contribution in [3.8, 4) is 17.2 Å². The molecule has 1 heterocycles. The molecular formula is C25H14BrF3O7. The number of hydrogen-bond donors (Lipinski definition) is 0. The van der Waals surface area contributed by atoms with Crippen molar-refractivity contribution in [3.63, 3.8) is 0 Å². The zero-order valence-corrected chi connectivity index (χ0v) is 19.8. The fourth-order valence-electron chi connectivity index (χ4n) is 3.18. The predicted molar refractivity (Wildman–Crippen MR) is 124 cm³/mol. The summed E-state index contributed by atoms with van der Waals surface area (Å²) in [5.41, 5.74) is -1.23. The van der Waals surface area contributed by atoms with E-state index in [1.165, 1.54) is 43.5 Å². The zero-order valence-electron chi connectivity index (χ0n) is 18.2. The molecule has 184 valence electrons. The highest BCUT2D eigenvalue weighted by molar-refractivity contribution is 9.10. The van der Waals surface area contributed by atoms with E-state index in [2.05, 4.69) is 20.7 Å². The minimum absolute atomic E-state index is 0.133. The Bertz CT molecular complexity index is 1530. The number of alkyl halides is 3. The van der Waals surface area contributed by atoms with E-state index >= 15 is 0 Å². The van der Waals surface area contributed by atoms with Gasteiger partial charge in [0.05, 0.1) is 23.6 Å². The highest BCUT2D eigenvalue weighted by Crippen LogP contribution is 2.38. The summed E-state index contributed by atoms with van der Waals surface area (Å²) < 4.78 is 61.9. The lowest BCUT2D eigenvalue weighted by Crippen LogP contribution is -2.16. The second kappa shape index (κ2) is 9.86. The Morgan fingerprint density at radius 2 is 1.58 bits per heavy atom. The third-order valence-corrected chi connectivity index (χ3v) is 5.57. The first-order valence-corrected chi connectivity index (χ1v) is 10.9. The Kier molecular flexibility index (Phi) is 6.84. The van der Waals surface area contributed by atoms with E-state index in [9.17, 15) is 27.6 Å². The number of rotatable bonds is 5. The Balaban J connectivity index is 1.72. The van der Waals surface area contributed by atoms with Crippen molar-refractivity contribution in [1.29, 1.82) is 0 Å². The predicted octanol–water partition coefficient (Wildman–Crippen LogP) is 6.37. The maximum atomic E-state index is 13.8. The minimum atomic E-state index is -5.09. The number of esters is 2. The molecule has 0 amide bonds. The fraction of sp³-hybridized carbons (Fsp3) is 0.0800. The molecule has 0 radical (unpaired) electrons. The van der Waals surface area contributed by atoms with Gasteiger partial charge in [0.25, 0.3) is 5.76 Å². The lowest BCUT2D eigenvalue weighted by molar-refractivity contribution is -0.154. The molecule has 7 nitrogen and oxygen atoms in total. The van der Waals surface area contributed by atoms with E-state index in [4.69, 9.17) is 13.9 Å². The molecule has 0 bridgehead atoms. The number of hydrogen-bond acceptors (Lipinski definition) is 7. The molecule has 4 rings (SSSR count). The molecule has 36 heavy (non-hydrogen) atoms. The highest BCUT2D eigenvalue weighted by Gasteiger charge is 2.40. The van der Waals surface area contributed by atoms with E-state index < -0.39 is 40.6 Å². The fourth-order valence-corrected chi connectivity index (χ4v) is 3.63. The van der Waals surface area contributed by atoms with Crippen LogP contribution in [0.2, 0.25) is 0 Å². The van der Waals surface area contributed by atoms with Crippen LogP contribution in [0, 0.1) is 0 Å². The van der Waals surface area contributed by atoms with Crippen molar-refractivity contribution in [2.45, 2.75) is 6.18 Å². The molecule has 0 aliphatic rings. The molecule has 0 aliphatic carbocycles. The van der Waals surface area contributed by atoms with Gasteiger partial charge in [0, 0.05) is 10.5 Å². The highest BCUT2D eigenvalue weighted by atomic mass is 79.9. The molecule has 0 fully saturated rings. The van der Waals surface area contributed by atoms with Gasteiger partial charge in [-0.2, -0.15) is 13.2 Å². The van der Waals surface area contributed by atoms with Gasteiger partial charge in [0.2, 0.25) is 11.2 Å². The smallest absolute Gasteiger partial charge is 0.453 e. The van der Waals surface area contributed by atoms with E-state index in [-0.39, 0.29) is 28.0 Å². The normalized spacial score (nSPS) is 11.2. The monoisotopic (exact) mass is 562 g/mol. The van der Waals surface area contributed by atoms with Crippen molar-refractivity contribution < 1.29 is 41.4 Å². The van der Waals surface area contributed by atoms with Crippen LogP contribution >= 0.6 is 15.9 Å². The topological polar surface area (TPSA) is 92.0 Å². The molecule has 1 aromatic heterocycles. The summed E-state index contributed by atoms with van der Waals surface area (Å²) in [7, 11) is 1.18. The van der Waals surface area contributed by atoms with Gasteiger partial charge in [0.15, 0.2) is 0 Å². The summed E-state index contributed by atoms with van der Waals surface area (Å²) in [6.45, 7) is 0. The summed E-state index contributed by atoms with van der Waals surface area (Å²) in [6, 6.07) is 14.8. The van der Waals surface area contributed by atoms with Crippen molar-refractivity contribution in [3.05, 3.63) is 98.3 Å². The second-order valence-corrected chi connectivity index (χ2v) is 8.09. The van der Waals surface area contributed by atoms with Crippen LogP contribution in [0.1, 0.15) is 26.5 Å². The minimum Gasteiger partial charge on any atom is -0.465 e. The van der Waals surface area contributed by atoms with Crippen LogP contribution in [-0.4, -0.2) is 19.0 Å². The largest absolute Gasteiger partial charge is 0.465 e. The molecule has 3 aromatic carbocycles. The summed E-state index contributed by atoms with van der Waals surface area (Å²) >= 11 is 3.22. The number of carbonyl (C=O) groups is 2. The van der Waals surface area contributed by atoms with Crippen LogP contribution in [0.5, 0.6) is 17.2 Å². The average Bonchev–Trinajstić information content (AvgIpc) is 2.85. The first kappa shape index (κ1) is 25.0. The van der Waals surface area contributed by atoms with Crippen LogP contribution in [0.4, 0.5) is 13.2 Å². The first-order valence-electron chi connectivity index (χ1n) is 10.1. The van der Waals surface area contributed by atoms with Crippen molar-refractivity contribution in [1.82, 2.24) is 0 Å². The van der Waals surface area contributed by atoms with Crippen LogP contribution in [-0.2, 0) is 10.9 Å². The number of ether oxygens (including phenoxy) is 3. The van der Waals surface area contributed by atoms with Gasteiger partial charge in [-0.1, -0.05) is 12.1 Å². The number of carbonyl (C=O) groups excluding carboxylic acids is 2. The molecule has 0 saturated carbocycles. The second-order valence-electron chi connectivity index (χ2n) is 7.23. The van der Waals surface area contributed by atoms with Gasteiger partial charge >= 0.3 is 18.1 Å². The van der Waals surface area contributed by atoms with Crippen LogP contribution < -0.4 is 14.9 Å². The molecule has 4 aromatic rings. The number of benzene rings is 3. The van der Waals surface area contributed by atoms with Crippen molar-refractivity contribution in [2.75, 3.05) is 7.11 Å². The molecule has 0 N–H and O–H groups in total. The molecule has 11 heteroatoms. The quantitative estimate of drug-likeness (QED) is 0.206. The van der Waals surface area contributed by atoms with Gasteiger partial charge in [0.1, 0.15) is 17.1 Å². The van der Waals surface area contributed by atoms with E-state index in [0.29, 0.717) is 4.47 Å². The van der Waals surface area contributed by atoms with Gasteiger partial charge in [-0.05, 0) is 64.5 Å². The van der Waals surface area contributed by atoms with Gasteiger partial charge < -0.3 is 18.6 Å². The molecule has 0 aliphatic heterocycles. The Morgan fingerprint density at radius 1 is 0.917 bits per heavy atom. The Morgan fingerprint density at radius 3 is 2.22 bits per heavy atom. The lowest BCUT2D eigenvalue weighted by atomic mass is 10.2. The van der Waals surface area contributed by atoms with Gasteiger partial charge in [-0.25, -0.2) is 9.59 Å². The number of halogens is 4. The lowest BCUT2D eigenvalue weighted by Gasteiger charge is -2.14. The van der Waals surface area contributed by atoms with Crippen molar-refractivity contribution >= 4 is 38.8 Å². The molecular weight excluding hydrogens is 549 g/mol. The summed E-state index contributed by atoms with van der Waals surface area (Å²) in [6.07, 6.45) is -5.09. The molecule has 0 unspecified atom stereocenters. The maximum Gasteiger partial charge on any atom is 0.453 e. The van der Waals surface area contributed by atoms with E-state index in [0.717, 1.165) is 12.1 Å². The standard InChI is InChI=1S/C25H14BrF3O7/c1-33-23(31)13-6-8-14(9-7-13)34-21-20(30)17-11-10-15(12-19(17)36-22(21)25(27,28)29)35-24(32)16-4-2-3-5-18(16)26/h2-12H,1H3. The van der Waals surface area contributed by atoms with E-state index in [1.54, 1.807) is 18.2 Å². The summed E-state index contributed by atoms with van der Waals surface area (Å²) in [4.78, 5) is 36.9. The number of fused-ring (bicyclic) bond motifs is 1. The maximum absolute atomic E-state index is 13.8. The van der Waals surface area contributed by atoms with Gasteiger partial charge in [-0.15, -0.1) is 0 Å². The summed E-state index contributed by atoms with van der Waals surface area (Å²) in [5.74, 6) is -4.45. The molecule has 0 atom stereocenters. The van der Waals surface area contributed by atoms with Crippen LogP contribution in [0.3, 0.4) is 0 Å². The van der Waals surface area contributed by atoms with Crippen LogP contribution in [0.15, 0.2) is 80.4 Å². The van der Waals surface area contributed by atoms with Crippen molar-refractivity contribution in [2.24, 2.45) is 0 Å². The van der Waals surface area contributed by atoms with Crippen LogP contribution in [0.25, 0.3) is 11.0 Å².